The van der Waals surface area contributed by atoms with E-state index in [9.17, 15) is 10.5 Å². The van der Waals surface area contributed by atoms with Crippen molar-refractivity contribution >= 4 is 0 Å². The van der Waals surface area contributed by atoms with Crippen molar-refractivity contribution in [3.63, 3.8) is 0 Å². The van der Waals surface area contributed by atoms with Crippen LogP contribution in [0.5, 0.6) is 5.75 Å². The highest BCUT2D eigenvalue weighted by Crippen LogP contribution is 2.35. The summed E-state index contributed by atoms with van der Waals surface area (Å²) in [5.74, 6) is 0.667. The highest BCUT2D eigenvalue weighted by atomic mass is 16.7. The van der Waals surface area contributed by atoms with Crippen molar-refractivity contribution in [1.82, 2.24) is 5.06 Å². The predicted molar refractivity (Wildman–Crippen MR) is 86.6 cm³/mol. The molecule has 0 aliphatic heterocycles. The van der Waals surface area contributed by atoms with E-state index in [0.29, 0.717) is 17.9 Å². The average Bonchev–Trinajstić information content (AvgIpc) is 2.61. The van der Waals surface area contributed by atoms with Gasteiger partial charge in [0.25, 0.3) is 5.60 Å². The molecule has 7 heteroatoms. The molecule has 0 radical (unpaired) electrons. The summed E-state index contributed by atoms with van der Waals surface area (Å²) in [6.45, 7) is 3.86. The molecule has 1 aromatic carbocycles. The van der Waals surface area contributed by atoms with Gasteiger partial charge in [-0.25, -0.2) is 0 Å². The van der Waals surface area contributed by atoms with E-state index in [-0.39, 0.29) is 0 Å². The number of likely N-dealkylation sites (N-methyl/N-ethyl adjacent to an activating group) is 1. The summed E-state index contributed by atoms with van der Waals surface area (Å²) < 4.78 is 16.2. The molecule has 2 atom stereocenters. The Kier molecular flexibility index (Phi) is 7.63. The average molecular weight is 333 g/mol. The van der Waals surface area contributed by atoms with Gasteiger partial charge in [-0.15, -0.1) is 0 Å². The number of methoxy groups -OCH3 is 1. The van der Waals surface area contributed by atoms with Crippen LogP contribution in [-0.4, -0.2) is 44.8 Å². The number of benzene rings is 1. The molecule has 130 valence electrons. The Bertz CT molecular complexity index is 577. The fourth-order valence-corrected chi connectivity index (χ4v) is 2.39. The summed E-state index contributed by atoms with van der Waals surface area (Å²) in [5.41, 5.74) is -1.14. The molecule has 0 aliphatic carbocycles. The van der Waals surface area contributed by atoms with Crippen LogP contribution in [0.3, 0.4) is 0 Å². The molecule has 0 bridgehead atoms. The van der Waals surface area contributed by atoms with Crippen LogP contribution in [0, 0.1) is 22.7 Å². The SMILES string of the molecule is CCOC(C)OC(C#N)(C#N)C(c1ccc(OC)cc1)N(C)OC. The highest BCUT2D eigenvalue weighted by Gasteiger charge is 2.46. The summed E-state index contributed by atoms with van der Waals surface area (Å²) in [6, 6.07) is 10.2. The smallest absolute Gasteiger partial charge is 0.265 e. The fourth-order valence-electron chi connectivity index (χ4n) is 2.39. The standard InChI is InChI=1S/C17H23N3O4/c1-6-23-13(2)24-17(11-18,12-19)16(20(3)22-5)14-7-9-15(21-4)10-8-14/h7-10,13,16H,6H2,1-5H3. The van der Waals surface area contributed by atoms with E-state index in [4.69, 9.17) is 19.0 Å². The van der Waals surface area contributed by atoms with E-state index in [1.807, 2.05) is 19.1 Å². The zero-order valence-electron chi connectivity index (χ0n) is 14.6. The number of hydrogen-bond acceptors (Lipinski definition) is 7. The van der Waals surface area contributed by atoms with Gasteiger partial charge in [0.1, 0.15) is 23.9 Å². The number of ether oxygens (including phenoxy) is 3. The van der Waals surface area contributed by atoms with E-state index in [2.05, 4.69) is 0 Å². The van der Waals surface area contributed by atoms with Gasteiger partial charge in [-0.3, -0.25) is 0 Å². The van der Waals surface area contributed by atoms with E-state index in [1.165, 1.54) is 12.2 Å². The van der Waals surface area contributed by atoms with E-state index < -0.39 is 17.9 Å². The molecule has 0 N–H and O–H groups in total. The lowest BCUT2D eigenvalue weighted by Crippen LogP contribution is -2.46. The molecule has 1 rings (SSSR count). The summed E-state index contributed by atoms with van der Waals surface area (Å²) in [7, 11) is 4.66. The van der Waals surface area contributed by atoms with Crippen LogP contribution in [0.25, 0.3) is 0 Å². The molecule has 0 saturated carbocycles. The van der Waals surface area contributed by atoms with Crippen LogP contribution in [0.2, 0.25) is 0 Å². The molecule has 24 heavy (non-hydrogen) atoms. The third-order valence-corrected chi connectivity index (χ3v) is 3.55. The number of nitrogens with zero attached hydrogens (tertiary/aromatic N) is 3. The zero-order chi connectivity index (χ0) is 18.2. The first-order valence-corrected chi connectivity index (χ1v) is 7.50. The predicted octanol–water partition coefficient (Wildman–Crippen LogP) is 2.41. The molecule has 0 spiro atoms. The van der Waals surface area contributed by atoms with Gasteiger partial charge >= 0.3 is 0 Å². The van der Waals surface area contributed by atoms with Gasteiger partial charge in [0.05, 0.1) is 14.2 Å². The fraction of sp³-hybridized carbons (Fsp3) is 0.529. The minimum atomic E-state index is -1.81. The second kappa shape index (κ2) is 9.21. The van der Waals surface area contributed by atoms with Crippen molar-refractivity contribution in [2.45, 2.75) is 31.8 Å². The molecule has 1 aromatic rings. The van der Waals surface area contributed by atoms with Crippen LogP contribution in [0.15, 0.2) is 24.3 Å². The maximum Gasteiger partial charge on any atom is 0.265 e. The van der Waals surface area contributed by atoms with Gasteiger partial charge in [-0.2, -0.15) is 15.6 Å². The molecule has 0 aromatic heterocycles. The first kappa shape index (κ1) is 19.9. The molecule has 0 aliphatic rings. The van der Waals surface area contributed by atoms with Crippen molar-refractivity contribution < 1.29 is 19.0 Å². The Morgan fingerprint density at radius 1 is 1.17 bits per heavy atom. The minimum absolute atomic E-state index is 0.404. The van der Waals surface area contributed by atoms with Gasteiger partial charge in [-0.1, -0.05) is 12.1 Å². The number of nitriles is 2. The number of hydroxylamine groups is 2. The minimum Gasteiger partial charge on any atom is -0.497 e. The van der Waals surface area contributed by atoms with Gasteiger partial charge < -0.3 is 19.0 Å². The van der Waals surface area contributed by atoms with E-state index >= 15 is 0 Å². The number of hydrogen-bond donors (Lipinski definition) is 0. The summed E-state index contributed by atoms with van der Waals surface area (Å²) >= 11 is 0. The molecule has 7 nitrogen and oxygen atoms in total. The normalized spacial score (nSPS) is 13.8. The summed E-state index contributed by atoms with van der Waals surface area (Å²) in [4.78, 5) is 5.25. The molecular formula is C17H23N3O4. The summed E-state index contributed by atoms with van der Waals surface area (Å²) in [5, 5.41) is 20.8. The Balaban J connectivity index is 3.32. The van der Waals surface area contributed by atoms with Crippen LogP contribution in [0.1, 0.15) is 25.5 Å². The zero-order valence-corrected chi connectivity index (χ0v) is 14.6. The summed E-state index contributed by atoms with van der Waals surface area (Å²) in [6.07, 6.45) is -0.722. The Hall–Kier alpha value is -2.16. The Labute approximate surface area is 142 Å². The molecular weight excluding hydrogens is 310 g/mol. The van der Waals surface area contributed by atoms with Gasteiger partial charge in [0, 0.05) is 13.7 Å². The monoisotopic (exact) mass is 333 g/mol. The van der Waals surface area contributed by atoms with Crippen LogP contribution in [-0.2, 0) is 14.3 Å². The van der Waals surface area contributed by atoms with Crippen molar-refractivity contribution in [2.75, 3.05) is 27.9 Å². The first-order chi connectivity index (χ1) is 11.5. The molecule has 2 unspecified atom stereocenters. The maximum atomic E-state index is 9.71. The second-order valence-corrected chi connectivity index (χ2v) is 5.00. The third-order valence-electron chi connectivity index (χ3n) is 3.55. The first-order valence-electron chi connectivity index (χ1n) is 7.50. The lowest BCUT2D eigenvalue weighted by atomic mass is 9.90. The van der Waals surface area contributed by atoms with Crippen molar-refractivity contribution in [2.24, 2.45) is 0 Å². The Morgan fingerprint density at radius 2 is 1.75 bits per heavy atom. The quantitative estimate of drug-likeness (QED) is 0.506. The van der Waals surface area contributed by atoms with Crippen molar-refractivity contribution in [1.29, 1.82) is 10.5 Å². The maximum absolute atomic E-state index is 9.71. The molecule has 0 saturated heterocycles. The largest absolute Gasteiger partial charge is 0.497 e. The van der Waals surface area contributed by atoms with Crippen LogP contribution < -0.4 is 4.74 Å². The van der Waals surface area contributed by atoms with Gasteiger partial charge in [0.15, 0.2) is 6.29 Å². The van der Waals surface area contributed by atoms with Gasteiger partial charge in [0.2, 0.25) is 0 Å². The second-order valence-electron chi connectivity index (χ2n) is 5.00. The number of rotatable bonds is 9. The molecule has 0 heterocycles. The van der Waals surface area contributed by atoms with Crippen LogP contribution >= 0.6 is 0 Å². The van der Waals surface area contributed by atoms with Crippen molar-refractivity contribution in [3.8, 4) is 17.9 Å². The third kappa shape index (κ3) is 4.44. The van der Waals surface area contributed by atoms with Crippen molar-refractivity contribution in [3.05, 3.63) is 29.8 Å². The lowest BCUT2D eigenvalue weighted by molar-refractivity contribution is -0.225. The molecule has 0 fully saturated rings. The molecule has 0 amide bonds. The Morgan fingerprint density at radius 3 is 2.17 bits per heavy atom. The van der Waals surface area contributed by atoms with Crippen LogP contribution in [0.4, 0.5) is 0 Å². The lowest BCUT2D eigenvalue weighted by Gasteiger charge is -2.36. The topological polar surface area (TPSA) is 87.7 Å². The van der Waals surface area contributed by atoms with E-state index in [0.717, 1.165) is 0 Å². The van der Waals surface area contributed by atoms with Gasteiger partial charge in [-0.05, 0) is 31.5 Å². The highest BCUT2D eigenvalue weighted by molar-refractivity contribution is 5.36. The van der Waals surface area contributed by atoms with E-state index in [1.54, 1.807) is 45.3 Å².